The molecular weight excluding hydrogens is 290 g/mol. The van der Waals surface area contributed by atoms with Crippen molar-refractivity contribution < 1.29 is 14.3 Å². The van der Waals surface area contributed by atoms with Crippen molar-refractivity contribution in [2.75, 3.05) is 13.7 Å². The zero-order valence-corrected chi connectivity index (χ0v) is 15.0. The lowest BCUT2D eigenvalue weighted by Gasteiger charge is -2.20. The summed E-state index contributed by atoms with van der Waals surface area (Å²) in [7, 11) is 1.65. The summed E-state index contributed by atoms with van der Waals surface area (Å²) in [5.41, 5.74) is 0.659. The first-order valence-electron chi connectivity index (χ1n) is 8.16. The Balaban J connectivity index is 2.22. The molecule has 4 heteroatoms. The fourth-order valence-corrected chi connectivity index (χ4v) is 2.16. The summed E-state index contributed by atoms with van der Waals surface area (Å²) in [5.74, 6) is 1.05. The van der Waals surface area contributed by atoms with Crippen molar-refractivity contribution in [2.45, 2.75) is 52.6 Å². The molecule has 0 bridgehead atoms. The molecular formula is C19H29NO3. The standard InChI is InChI=1S/C19H29NO3/c1-15(13-18(21)23-19(2,3)4)7-6-12-20-14-16-8-10-17(22-5)11-9-16/h8-11,14-15H,6-7,12-13H2,1-5H3. The zero-order valence-electron chi connectivity index (χ0n) is 15.0. The Kier molecular flexibility index (Phi) is 7.79. The van der Waals surface area contributed by atoms with Crippen LogP contribution in [0.25, 0.3) is 0 Å². The van der Waals surface area contributed by atoms with Crippen LogP contribution in [0.2, 0.25) is 0 Å². The van der Waals surface area contributed by atoms with Crippen LogP contribution in [-0.2, 0) is 9.53 Å². The first-order chi connectivity index (χ1) is 10.8. The lowest BCUT2D eigenvalue weighted by molar-refractivity contribution is -0.155. The van der Waals surface area contributed by atoms with Crippen molar-refractivity contribution in [1.29, 1.82) is 0 Å². The van der Waals surface area contributed by atoms with Crippen molar-refractivity contribution >= 4 is 12.2 Å². The van der Waals surface area contributed by atoms with E-state index in [-0.39, 0.29) is 5.97 Å². The van der Waals surface area contributed by atoms with Crippen LogP contribution >= 0.6 is 0 Å². The van der Waals surface area contributed by atoms with Gasteiger partial charge in [-0.3, -0.25) is 9.79 Å². The van der Waals surface area contributed by atoms with Crippen LogP contribution in [0.5, 0.6) is 5.75 Å². The quantitative estimate of drug-likeness (QED) is 0.408. The van der Waals surface area contributed by atoms with Gasteiger partial charge in [0, 0.05) is 19.2 Å². The Morgan fingerprint density at radius 2 is 1.91 bits per heavy atom. The molecule has 4 nitrogen and oxygen atoms in total. The van der Waals surface area contributed by atoms with Crippen LogP contribution in [0, 0.1) is 5.92 Å². The van der Waals surface area contributed by atoms with Crippen molar-refractivity contribution in [3.63, 3.8) is 0 Å². The van der Waals surface area contributed by atoms with Crippen LogP contribution in [-0.4, -0.2) is 31.4 Å². The fraction of sp³-hybridized carbons (Fsp3) is 0.579. The number of aliphatic imine (C=N–C) groups is 1. The van der Waals surface area contributed by atoms with Gasteiger partial charge in [-0.05, 0) is 69.4 Å². The van der Waals surface area contributed by atoms with Crippen LogP contribution in [0.4, 0.5) is 0 Å². The average Bonchev–Trinajstić information content (AvgIpc) is 2.45. The minimum atomic E-state index is -0.403. The van der Waals surface area contributed by atoms with Gasteiger partial charge >= 0.3 is 5.97 Å². The molecule has 0 aliphatic heterocycles. The van der Waals surface area contributed by atoms with E-state index in [1.165, 1.54) is 0 Å². The van der Waals surface area contributed by atoms with Crippen molar-refractivity contribution in [3.05, 3.63) is 29.8 Å². The van der Waals surface area contributed by atoms with E-state index in [1.807, 2.05) is 51.3 Å². The maximum atomic E-state index is 11.7. The SMILES string of the molecule is COc1ccc(C=NCCCC(C)CC(=O)OC(C)(C)C)cc1. The molecule has 0 amide bonds. The molecule has 0 aliphatic carbocycles. The lowest BCUT2D eigenvalue weighted by Crippen LogP contribution is -2.24. The molecule has 1 aromatic rings. The third-order valence-electron chi connectivity index (χ3n) is 3.28. The number of esters is 1. The van der Waals surface area contributed by atoms with Gasteiger partial charge in [-0.1, -0.05) is 6.92 Å². The van der Waals surface area contributed by atoms with Crippen molar-refractivity contribution in [2.24, 2.45) is 10.9 Å². The predicted octanol–water partition coefficient (Wildman–Crippen LogP) is 4.26. The van der Waals surface area contributed by atoms with Gasteiger partial charge < -0.3 is 9.47 Å². The molecule has 1 rings (SSSR count). The third-order valence-corrected chi connectivity index (χ3v) is 3.28. The number of nitrogens with zero attached hydrogens (tertiary/aromatic N) is 1. The zero-order chi connectivity index (χ0) is 17.3. The summed E-state index contributed by atoms with van der Waals surface area (Å²) in [6, 6.07) is 7.80. The second-order valence-corrected chi connectivity index (χ2v) is 6.85. The van der Waals surface area contributed by atoms with E-state index in [0.29, 0.717) is 12.3 Å². The maximum absolute atomic E-state index is 11.7. The molecule has 23 heavy (non-hydrogen) atoms. The Bertz CT molecular complexity index is 500. The van der Waals surface area contributed by atoms with E-state index in [2.05, 4.69) is 11.9 Å². The molecule has 0 radical (unpaired) electrons. The van der Waals surface area contributed by atoms with Gasteiger partial charge in [0.05, 0.1) is 7.11 Å². The minimum absolute atomic E-state index is 0.119. The van der Waals surface area contributed by atoms with E-state index >= 15 is 0 Å². The Labute approximate surface area is 139 Å². The van der Waals surface area contributed by atoms with Gasteiger partial charge in [0.15, 0.2) is 0 Å². The van der Waals surface area contributed by atoms with Crippen LogP contribution in [0.3, 0.4) is 0 Å². The average molecular weight is 319 g/mol. The van der Waals surface area contributed by atoms with Crippen LogP contribution in [0.15, 0.2) is 29.3 Å². The largest absolute Gasteiger partial charge is 0.497 e. The smallest absolute Gasteiger partial charge is 0.306 e. The van der Waals surface area contributed by atoms with Gasteiger partial charge in [-0.15, -0.1) is 0 Å². The molecule has 128 valence electrons. The number of hydrogen-bond donors (Lipinski definition) is 0. The molecule has 0 spiro atoms. The van der Waals surface area contributed by atoms with Crippen molar-refractivity contribution in [3.8, 4) is 5.75 Å². The van der Waals surface area contributed by atoms with Crippen molar-refractivity contribution in [1.82, 2.24) is 0 Å². The van der Waals surface area contributed by atoms with E-state index in [4.69, 9.17) is 9.47 Å². The molecule has 0 fully saturated rings. The number of methoxy groups -OCH3 is 1. The number of ether oxygens (including phenoxy) is 2. The number of carbonyl (C=O) groups is 1. The highest BCUT2D eigenvalue weighted by molar-refractivity contribution is 5.79. The molecule has 0 heterocycles. The van der Waals surface area contributed by atoms with Crippen LogP contribution < -0.4 is 4.74 Å². The second-order valence-electron chi connectivity index (χ2n) is 6.85. The number of carbonyl (C=O) groups excluding carboxylic acids is 1. The maximum Gasteiger partial charge on any atom is 0.306 e. The molecule has 0 aromatic heterocycles. The van der Waals surface area contributed by atoms with E-state index in [0.717, 1.165) is 30.7 Å². The second kappa shape index (κ2) is 9.33. The summed E-state index contributed by atoms with van der Waals surface area (Å²) in [6.45, 7) is 8.53. The fourth-order valence-electron chi connectivity index (χ4n) is 2.16. The highest BCUT2D eigenvalue weighted by Crippen LogP contribution is 2.15. The molecule has 1 aromatic carbocycles. The first-order valence-corrected chi connectivity index (χ1v) is 8.16. The highest BCUT2D eigenvalue weighted by Gasteiger charge is 2.18. The minimum Gasteiger partial charge on any atom is -0.497 e. The lowest BCUT2D eigenvalue weighted by atomic mass is 10.0. The number of rotatable bonds is 8. The van der Waals surface area contributed by atoms with Gasteiger partial charge in [0.1, 0.15) is 11.4 Å². The van der Waals surface area contributed by atoms with Gasteiger partial charge in [0.2, 0.25) is 0 Å². The van der Waals surface area contributed by atoms with E-state index < -0.39 is 5.60 Å². The summed E-state index contributed by atoms with van der Waals surface area (Å²) in [6.07, 6.45) is 4.28. The molecule has 0 N–H and O–H groups in total. The number of hydrogen-bond acceptors (Lipinski definition) is 4. The van der Waals surface area contributed by atoms with E-state index in [1.54, 1.807) is 7.11 Å². The predicted molar refractivity (Wildman–Crippen MR) is 94.3 cm³/mol. The van der Waals surface area contributed by atoms with Crippen LogP contribution in [0.1, 0.15) is 52.5 Å². The Morgan fingerprint density at radius 3 is 2.48 bits per heavy atom. The highest BCUT2D eigenvalue weighted by atomic mass is 16.6. The molecule has 0 saturated heterocycles. The summed E-state index contributed by atoms with van der Waals surface area (Å²) >= 11 is 0. The molecule has 1 atom stereocenters. The Hall–Kier alpha value is -1.84. The molecule has 0 aliphatic rings. The third kappa shape index (κ3) is 9.01. The topological polar surface area (TPSA) is 47.9 Å². The Morgan fingerprint density at radius 1 is 1.26 bits per heavy atom. The first kappa shape index (κ1) is 19.2. The van der Waals surface area contributed by atoms with E-state index in [9.17, 15) is 4.79 Å². The molecule has 0 saturated carbocycles. The summed E-state index contributed by atoms with van der Waals surface area (Å²) < 4.78 is 10.5. The van der Waals surface area contributed by atoms with Gasteiger partial charge in [0.25, 0.3) is 0 Å². The monoisotopic (exact) mass is 319 g/mol. The van der Waals surface area contributed by atoms with Gasteiger partial charge in [-0.25, -0.2) is 0 Å². The normalized spacial score (nSPS) is 13.1. The summed E-state index contributed by atoms with van der Waals surface area (Å²) in [4.78, 5) is 16.2. The number of benzene rings is 1. The summed E-state index contributed by atoms with van der Waals surface area (Å²) in [5, 5.41) is 0. The molecule has 1 unspecified atom stereocenters. The van der Waals surface area contributed by atoms with Gasteiger partial charge in [-0.2, -0.15) is 0 Å².